The smallest absolute Gasteiger partial charge is 0.236 e. The fourth-order valence-corrected chi connectivity index (χ4v) is 14.8. The van der Waals surface area contributed by atoms with Crippen LogP contribution in [0.3, 0.4) is 0 Å². The van der Waals surface area contributed by atoms with Gasteiger partial charge in [-0.15, -0.1) is 0 Å². The van der Waals surface area contributed by atoms with Crippen LogP contribution in [0.1, 0.15) is 56.3 Å². The summed E-state index contributed by atoms with van der Waals surface area (Å²) in [5, 5.41) is 7.00. The van der Waals surface area contributed by atoms with E-state index in [1.165, 1.54) is 11.1 Å². The summed E-state index contributed by atoms with van der Waals surface area (Å²) in [6.07, 6.45) is 1.02. The van der Waals surface area contributed by atoms with Crippen LogP contribution >= 0.6 is 0 Å². The average molecular weight is 653 g/mol. The Morgan fingerprint density at radius 3 is 2.27 bits per heavy atom. The number of piperidine rings is 1. The van der Waals surface area contributed by atoms with Crippen LogP contribution in [0.4, 0.5) is 11.4 Å². The van der Waals surface area contributed by atoms with Crippen molar-refractivity contribution < 1.29 is 23.1 Å². The van der Waals surface area contributed by atoms with Crippen molar-refractivity contribution in [2.24, 2.45) is 0 Å². The van der Waals surface area contributed by atoms with E-state index in [0.29, 0.717) is 12.6 Å². The average Bonchev–Trinajstić information content (AvgIpc) is 3.37. The van der Waals surface area contributed by atoms with E-state index in [0.717, 1.165) is 43.4 Å². The Labute approximate surface area is 269 Å². The van der Waals surface area contributed by atoms with Gasteiger partial charge in [-0.2, -0.15) is 0 Å². The molecule has 7 atom stereocenters. The Morgan fingerprint density at radius 2 is 1.62 bits per heavy atom. The van der Waals surface area contributed by atoms with Crippen molar-refractivity contribution in [2.45, 2.75) is 100 Å². The van der Waals surface area contributed by atoms with Crippen molar-refractivity contribution in [3.8, 4) is 0 Å². The van der Waals surface area contributed by atoms with Crippen molar-refractivity contribution in [1.29, 1.82) is 0 Å². The maximum absolute atomic E-state index is 14.8. The number of sulfonamides is 1. The van der Waals surface area contributed by atoms with E-state index in [1.54, 1.807) is 6.92 Å². The molecule has 244 valence electrons. The second kappa shape index (κ2) is 9.79. The van der Waals surface area contributed by atoms with Gasteiger partial charge in [-0.05, 0) is 61.6 Å². The fraction of sp³-hybridized carbons (Fsp3) is 0.618. The summed E-state index contributed by atoms with van der Waals surface area (Å²) in [4.78, 5) is 20.4. The Morgan fingerprint density at radius 1 is 0.978 bits per heavy atom. The summed E-state index contributed by atoms with van der Waals surface area (Å²) < 4.78 is 37.8. The molecule has 1 N–H and O–H groups in total. The summed E-state index contributed by atoms with van der Waals surface area (Å²) >= 11 is 0. The van der Waals surface area contributed by atoms with Crippen molar-refractivity contribution in [3.05, 3.63) is 59.2 Å². The van der Waals surface area contributed by atoms with Crippen LogP contribution < -0.4 is 9.21 Å². The van der Waals surface area contributed by atoms with Crippen LogP contribution in [0.15, 0.2) is 42.5 Å². The summed E-state index contributed by atoms with van der Waals surface area (Å²) in [6.45, 7) is 14.2. The molecule has 9 nitrogen and oxygen atoms in total. The monoisotopic (exact) mass is 652 g/mol. The van der Waals surface area contributed by atoms with Crippen LogP contribution in [-0.2, 0) is 30.4 Å². The van der Waals surface area contributed by atoms with E-state index >= 15 is 0 Å². The van der Waals surface area contributed by atoms with Gasteiger partial charge in [0.15, 0.2) is 0 Å². The predicted octanol–water partition coefficient (Wildman–Crippen LogP) is 4.25. The summed E-state index contributed by atoms with van der Waals surface area (Å²) in [7, 11) is -2.22. The molecular weight excluding hydrogens is 605 g/mol. The lowest BCUT2D eigenvalue weighted by molar-refractivity contribution is -0.140. The SMILES string of the molecule is CC(=O)N1CC[C@@]23c4ccccc4N(S(=O)(=O)CC[Si](C)(C)C)[C@@H]4N(C)c5cccc6c5[C@@]42CCN([C@@H]13)[C@@H]6[C@H]1OC1(C)C.CO. The van der Waals surface area contributed by atoms with E-state index in [1.807, 2.05) is 16.4 Å². The lowest BCUT2D eigenvalue weighted by atomic mass is 9.50. The number of aliphatic hydroxyl groups is 1. The molecule has 0 aliphatic carbocycles. The van der Waals surface area contributed by atoms with E-state index in [4.69, 9.17) is 9.84 Å². The zero-order valence-corrected chi connectivity index (χ0v) is 29.7. The first kappa shape index (κ1) is 31.2. The van der Waals surface area contributed by atoms with E-state index in [2.05, 4.69) is 85.6 Å². The third-order valence-electron chi connectivity index (χ3n) is 11.7. The lowest BCUT2D eigenvalue weighted by Crippen LogP contribution is -2.75. The van der Waals surface area contributed by atoms with Gasteiger partial charge in [-0.3, -0.25) is 9.69 Å². The van der Waals surface area contributed by atoms with Crippen molar-refractivity contribution >= 4 is 35.4 Å². The number of nitrogens with zero attached hydrogens (tertiary/aromatic N) is 4. The number of hydrogen-bond donors (Lipinski definition) is 1. The highest BCUT2D eigenvalue weighted by Crippen LogP contribution is 2.73. The van der Waals surface area contributed by atoms with E-state index in [-0.39, 0.29) is 35.6 Å². The highest BCUT2D eigenvalue weighted by molar-refractivity contribution is 7.92. The first-order chi connectivity index (χ1) is 21.2. The van der Waals surface area contributed by atoms with Crippen LogP contribution in [0.25, 0.3) is 0 Å². The van der Waals surface area contributed by atoms with Crippen LogP contribution in [0.5, 0.6) is 0 Å². The number of anilines is 2. The molecule has 1 amide bonds. The number of carbonyl (C=O) groups excluding carboxylic acids is 1. The Hall–Kier alpha value is -2.44. The van der Waals surface area contributed by atoms with Gasteiger partial charge in [0.2, 0.25) is 15.9 Å². The van der Waals surface area contributed by atoms with Crippen molar-refractivity contribution in [2.75, 3.05) is 42.2 Å². The largest absolute Gasteiger partial charge is 0.400 e. The number of hydrogen-bond acceptors (Lipinski definition) is 7. The maximum Gasteiger partial charge on any atom is 0.236 e. The first-order valence-electron chi connectivity index (χ1n) is 16.3. The number of likely N-dealkylation sites (tertiary alicyclic amines) is 1. The number of benzene rings is 2. The molecule has 3 saturated heterocycles. The van der Waals surface area contributed by atoms with Gasteiger partial charge in [-0.1, -0.05) is 50.0 Å². The van der Waals surface area contributed by atoms with Crippen LogP contribution in [0.2, 0.25) is 25.7 Å². The van der Waals surface area contributed by atoms with Gasteiger partial charge in [0.25, 0.3) is 0 Å². The molecule has 3 fully saturated rings. The van der Waals surface area contributed by atoms with Crippen molar-refractivity contribution in [3.63, 3.8) is 0 Å². The molecule has 2 bridgehead atoms. The second-order valence-corrected chi connectivity index (χ2v) is 23.1. The van der Waals surface area contributed by atoms with Gasteiger partial charge in [0.1, 0.15) is 12.3 Å². The minimum absolute atomic E-state index is 0.00283. The van der Waals surface area contributed by atoms with E-state index in [9.17, 15) is 13.2 Å². The third kappa shape index (κ3) is 3.87. The molecule has 6 aliphatic heterocycles. The molecule has 6 aliphatic rings. The van der Waals surface area contributed by atoms with Gasteiger partial charge in [0, 0.05) is 53.3 Å². The number of likely N-dealkylation sites (N-methyl/N-ethyl adjacent to an activating group) is 1. The van der Waals surface area contributed by atoms with Gasteiger partial charge in [0.05, 0.1) is 34.7 Å². The fourth-order valence-electron chi connectivity index (χ4n) is 10.0. The number of ether oxygens (including phenoxy) is 1. The molecule has 11 heteroatoms. The Balaban J connectivity index is 0.00000160. The number of para-hydroxylation sites is 1. The second-order valence-electron chi connectivity index (χ2n) is 15.5. The highest BCUT2D eigenvalue weighted by atomic mass is 32.2. The number of aliphatic hydroxyl groups excluding tert-OH is 1. The molecule has 45 heavy (non-hydrogen) atoms. The Bertz CT molecular complexity index is 1680. The zero-order chi connectivity index (χ0) is 32.5. The third-order valence-corrected chi connectivity index (χ3v) is 15.6. The molecule has 1 unspecified atom stereocenters. The summed E-state index contributed by atoms with van der Waals surface area (Å²) in [5.74, 6) is 0.227. The summed E-state index contributed by atoms with van der Waals surface area (Å²) in [6, 6.07) is 15.5. The maximum atomic E-state index is 14.8. The normalized spacial score (nSPS) is 34.8. The number of carbonyl (C=O) groups is 1. The number of epoxide rings is 1. The van der Waals surface area contributed by atoms with Gasteiger partial charge < -0.3 is 19.6 Å². The minimum Gasteiger partial charge on any atom is -0.400 e. The number of rotatable bonds is 5. The molecule has 6 heterocycles. The topological polar surface area (TPSA) is 96.9 Å². The molecule has 0 aromatic heterocycles. The van der Waals surface area contributed by atoms with Crippen LogP contribution in [-0.4, -0.2) is 94.3 Å². The minimum atomic E-state index is -3.68. The molecule has 0 radical (unpaired) electrons. The molecular formula is C34H48N4O5SSi. The molecule has 2 spiro atoms. The first-order valence-corrected chi connectivity index (χ1v) is 21.6. The number of amides is 1. The lowest BCUT2D eigenvalue weighted by Gasteiger charge is -2.64. The van der Waals surface area contributed by atoms with Gasteiger partial charge >= 0.3 is 0 Å². The van der Waals surface area contributed by atoms with Gasteiger partial charge in [-0.25, -0.2) is 12.7 Å². The van der Waals surface area contributed by atoms with E-state index < -0.39 is 35.1 Å². The zero-order valence-electron chi connectivity index (χ0n) is 27.9. The number of fused-ring (bicyclic) bond motifs is 1. The Kier molecular flexibility index (Phi) is 6.78. The molecule has 8 rings (SSSR count). The predicted molar refractivity (Wildman–Crippen MR) is 180 cm³/mol. The molecule has 2 aromatic carbocycles. The molecule has 2 aromatic rings. The standard InChI is InChI=1S/C33H44N4O4SSi.CH4O/c1-21(38)35-17-15-32-23-12-8-9-13-24(23)37(42(39,40)19-20-43(5,6)7)29-33(32)16-18-36(30(32)35)27(28-31(2,3)41-28)22-11-10-14-25(26(22)33)34(29)4;1-2/h8-14,27-30H,15-20H2,1-7H3;2H,1H3/t27-,28+,29-,30+,32-,33-;/m0./s1. The van der Waals surface area contributed by atoms with Crippen molar-refractivity contribution in [1.82, 2.24) is 9.80 Å². The van der Waals surface area contributed by atoms with Crippen LogP contribution in [0, 0.1) is 0 Å². The quantitative estimate of drug-likeness (QED) is 0.381. The summed E-state index contributed by atoms with van der Waals surface area (Å²) in [5.41, 5.74) is 4.27. The molecule has 0 saturated carbocycles. The highest BCUT2D eigenvalue weighted by Gasteiger charge is 2.79.